The molecule has 144 valence electrons. The largest absolute Gasteiger partial charge is 0.493 e. The van der Waals surface area contributed by atoms with Gasteiger partial charge in [0, 0.05) is 40.9 Å². The third-order valence-electron chi connectivity index (χ3n) is 5.63. The molecule has 28 heavy (non-hydrogen) atoms. The normalized spacial score (nSPS) is 19.6. The first-order valence-electron chi connectivity index (χ1n) is 9.39. The van der Waals surface area contributed by atoms with E-state index in [1.54, 1.807) is 14.2 Å². The quantitative estimate of drug-likeness (QED) is 0.870. The van der Waals surface area contributed by atoms with E-state index >= 15 is 0 Å². The molecule has 0 bridgehead atoms. The summed E-state index contributed by atoms with van der Waals surface area (Å²) >= 11 is 0. The van der Waals surface area contributed by atoms with Gasteiger partial charge in [0.25, 0.3) is 0 Å². The topological polar surface area (TPSA) is 66.0 Å². The number of rotatable bonds is 3. The average Bonchev–Trinajstić information content (AvgIpc) is 3.17. The highest BCUT2D eigenvalue weighted by Crippen LogP contribution is 2.52. The van der Waals surface area contributed by atoms with E-state index in [2.05, 4.69) is 5.32 Å². The number of benzene rings is 2. The Labute approximate surface area is 163 Å². The Morgan fingerprint density at radius 3 is 2.64 bits per heavy atom. The summed E-state index contributed by atoms with van der Waals surface area (Å²) in [5, 5.41) is 3.48. The molecule has 1 atom stereocenters. The number of fused-ring (bicyclic) bond motifs is 2. The van der Waals surface area contributed by atoms with E-state index < -0.39 is 0 Å². The Kier molecular flexibility index (Phi) is 3.93. The number of carbonyl (C=O) groups is 1. The number of Topliss-reactive ketones (excluding diaryl/α,β-unsaturated/α-hetero) is 1. The molecule has 2 aromatic carbocycles. The lowest BCUT2D eigenvalue weighted by atomic mass is 9.75. The third-order valence-corrected chi connectivity index (χ3v) is 5.63. The number of anilines is 1. The number of ketones is 1. The molecule has 1 aliphatic carbocycles. The summed E-state index contributed by atoms with van der Waals surface area (Å²) < 4.78 is 22.4. The molecule has 1 N–H and O–H groups in total. The molecular weight excluding hydrogens is 358 g/mol. The highest BCUT2D eigenvalue weighted by atomic mass is 16.7. The van der Waals surface area contributed by atoms with Crippen molar-refractivity contribution in [2.75, 3.05) is 26.3 Å². The van der Waals surface area contributed by atoms with Crippen molar-refractivity contribution in [1.29, 1.82) is 0 Å². The zero-order valence-electron chi connectivity index (χ0n) is 15.8. The number of carbonyl (C=O) groups excluding carboxylic acids is 1. The molecule has 2 aliphatic heterocycles. The summed E-state index contributed by atoms with van der Waals surface area (Å²) in [6.45, 7) is 0.206. The number of para-hydroxylation sites is 1. The molecule has 2 heterocycles. The minimum absolute atomic E-state index is 0.173. The third kappa shape index (κ3) is 2.44. The van der Waals surface area contributed by atoms with Gasteiger partial charge in [-0.3, -0.25) is 4.79 Å². The van der Waals surface area contributed by atoms with Gasteiger partial charge in [0.1, 0.15) is 0 Å². The molecule has 0 saturated carbocycles. The van der Waals surface area contributed by atoms with Crippen molar-refractivity contribution in [2.45, 2.75) is 25.2 Å². The van der Waals surface area contributed by atoms with Crippen LogP contribution in [0.4, 0.5) is 5.69 Å². The molecule has 5 rings (SSSR count). The Balaban J connectivity index is 1.77. The summed E-state index contributed by atoms with van der Waals surface area (Å²) in [6, 6.07) is 9.72. The maximum atomic E-state index is 13.0. The zero-order valence-corrected chi connectivity index (χ0v) is 15.8. The van der Waals surface area contributed by atoms with Gasteiger partial charge < -0.3 is 24.3 Å². The van der Waals surface area contributed by atoms with Crippen molar-refractivity contribution in [3.63, 3.8) is 0 Å². The first-order valence-corrected chi connectivity index (χ1v) is 9.39. The van der Waals surface area contributed by atoms with Crippen LogP contribution in [0.25, 0.3) is 0 Å². The van der Waals surface area contributed by atoms with Crippen molar-refractivity contribution in [3.8, 4) is 23.0 Å². The number of hydrogen-bond acceptors (Lipinski definition) is 6. The summed E-state index contributed by atoms with van der Waals surface area (Å²) in [6.07, 6.45) is 2.26. The molecular formula is C22H21NO5. The van der Waals surface area contributed by atoms with E-state index in [9.17, 15) is 4.79 Å². The molecule has 2 aromatic rings. The van der Waals surface area contributed by atoms with Gasteiger partial charge >= 0.3 is 0 Å². The number of nitrogens with one attached hydrogen (secondary N) is 1. The molecule has 0 aromatic heterocycles. The lowest BCUT2D eigenvalue weighted by Crippen LogP contribution is -2.27. The fourth-order valence-electron chi connectivity index (χ4n) is 4.41. The second-order valence-corrected chi connectivity index (χ2v) is 7.10. The number of methoxy groups -OCH3 is 2. The molecule has 0 spiro atoms. The molecule has 6 heteroatoms. The van der Waals surface area contributed by atoms with Gasteiger partial charge in [-0.05, 0) is 30.5 Å². The molecule has 0 radical (unpaired) electrons. The van der Waals surface area contributed by atoms with Crippen LogP contribution in [0, 0.1) is 0 Å². The zero-order chi connectivity index (χ0) is 19.3. The van der Waals surface area contributed by atoms with Gasteiger partial charge in [0.2, 0.25) is 6.79 Å². The average molecular weight is 379 g/mol. The minimum Gasteiger partial charge on any atom is -0.493 e. The van der Waals surface area contributed by atoms with Crippen molar-refractivity contribution < 1.29 is 23.7 Å². The first-order chi connectivity index (χ1) is 13.7. The number of ether oxygens (including phenoxy) is 4. The number of hydrogen-bond donors (Lipinski definition) is 1. The summed E-state index contributed by atoms with van der Waals surface area (Å²) in [5.74, 6) is 2.62. The molecule has 3 aliphatic rings. The molecule has 0 fully saturated rings. The Bertz CT molecular complexity index is 1010. The van der Waals surface area contributed by atoms with Gasteiger partial charge in [-0.15, -0.1) is 0 Å². The predicted molar refractivity (Wildman–Crippen MR) is 103 cm³/mol. The van der Waals surface area contributed by atoms with Crippen LogP contribution in [-0.4, -0.2) is 26.8 Å². The van der Waals surface area contributed by atoms with Crippen LogP contribution in [0.2, 0.25) is 0 Å². The van der Waals surface area contributed by atoms with Crippen molar-refractivity contribution in [3.05, 3.63) is 52.7 Å². The molecule has 0 unspecified atom stereocenters. The molecule has 6 nitrogen and oxygen atoms in total. The predicted octanol–water partition coefficient (Wildman–Crippen LogP) is 4.00. The van der Waals surface area contributed by atoms with Crippen LogP contribution in [0.5, 0.6) is 23.0 Å². The van der Waals surface area contributed by atoms with Crippen LogP contribution in [0.3, 0.4) is 0 Å². The first kappa shape index (κ1) is 17.0. The van der Waals surface area contributed by atoms with Crippen LogP contribution < -0.4 is 24.3 Å². The van der Waals surface area contributed by atoms with Crippen molar-refractivity contribution in [1.82, 2.24) is 0 Å². The second-order valence-electron chi connectivity index (χ2n) is 7.10. The SMILES string of the molecule is COc1cccc([C@H]2C3=C(CCCC3=O)Nc3cc4c(cc32)OCO4)c1OC. The molecule has 0 saturated heterocycles. The van der Waals surface area contributed by atoms with E-state index in [0.29, 0.717) is 29.4 Å². The lowest BCUT2D eigenvalue weighted by Gasteiger charge is -2.34. The Hall–Kier alpha value is -3.15. The smallest absolute Gasteiger partial charge is 0.231 e. The van der Waals surface area contributed by atoms with Crippen LogP contribution in [0.1, 0.15) is 36.3 Å². The van der Waals surface area contributed by atoms with Crippen LogP contribution in [-0.2, 0) is 4.79 Å². The van der Waals surface area contributed by atoms with Crippen LogP contribution >= 0.6 is 0 Å². The van der Waals surface area contributed by atoms with E-state index in [-0.39, 0.29) is 18.5 Å². The van der Waals surface area contributed by atoms with Crippen LogP contribution in [0.15, 0.2) is 41.6 Å². The Morgan fingerprint density at radius 2 is 1.86 bits per heavy atom. The second kappa shape index (κ2) is 6.48. The van der Waals surface area contributed by atoms with Gasteiger partial charge in [0.05, 0.1) is 14.2 Å². The standard InChI is InChI=1S/C22H21NO5/c1-25-17-8-3-5-12(22(17)26-2)20-13-9-18-19(28-11-27-18)10-15(13)23-14-6-4-7-16(24)21(14)20/h3,5,8-10,20,23H,4,6-7,11H2,1-2H3/t20-/m1/s1. The van der Waals surface area contributed by atoms with Gasteiger partial charge in [-0.2, -0.15) is 0 Å². The summed E-state index contributed by atoms with van der Waals surface area (Å²) in [5.41, 5.74) is 4.62. The molecule has 0 amide bonds. The van der Waals surface area contributed by atoms with E-state index in [1.807, 2.05) is 30.3 Å². The lowest BCUT2D eigenvalue weighted by molar-refractivity contribution is -0.116. The van der Waals surface area contributed by atoms with Crippen molar-refractivity contribution >= 4 is 11.5 Å². The Morgan fingerprint density at radius 1 is 1.04 bits per heavy atom. The minimum atomic E-state index is -0.251. The van der Waals surface area contributed by atoms with E-state index in [4.69, 9.17) is 18.9 Å². The van der Waals surface area contributed by atoms with Crippen molar-refractivity contribution in [2.24, 2.45) is 0 Å². The highest BCUT2D eigenvalue weighted by molar-refractivity contribution is 6.01. The van der Waals surface area contributed by atoms with E-state index in [0.717, 1.165) is 40.9 Å². The van der Waals surface area contributed by atoms with Gasteiger partial charge in [-0.1, -0.05) is 12.1 Å². The van der Waals surface area contributed by atoms with Gasteiger partial charge in [-0.25, -0.2) is 0 Å². The van der Waals surface area contributed by atoms with E-state index in [1.165, 1.54) is 0 Å². The monoisotopic (exact) mass is 379 g/mol. The highest BCUT2D eigenvalue weighted by Gasteiger charge is 2.38. The summed E-state index contributed by atoms with van der Waals surface area (Å²) in [7, 11) is 3.24. The maximum absolute atomic E-state index is 13.0. The maximum Gasteiger partial charge on any atom is 0.231 e. The van der Waals surface area contributed by atoms with Gasteiger partial charge in [0.15, 0.2) is 28.8 Å². The fraction of sp³-hybridized carbons (Fsp3) is 0.318. The fourth-order valence-corrected chi connectivity index (χ4v) is 4.41. The summed E-state index contributed by atoms with van der Waals surface area (Å²) in [4.78, 5) is 13.0. The number of allylic oxidation sites excluding steroid dienone is 2.